The third kappa shape index (κ3) is 5.44. The van der Waals surface area contributed by atoms with Gasteiger partial charge < -0.3 is 15.0 Å². The van der Waals surface area contributed by atoms with Crippen LogP contribution in [-0.4, -0.2) is 46.6 Å². The number of halogens is 3. The molecular formula is C16H20Cl2FN3O3. The summed E-state index contributed by atoms with van der Waals surface area (Å²) in [5.41, 5.74) is -0.689. The van der Waals surface area contributed by atoms with Gasteiger partial charge in [-0.2, -0.15) is 0 Å². The predicted octanol–water partition coefficient (Wildman–Crippen LogP) is 3.66. The van der Waals surface area contributed by atoms with Gasteiger partial charge in [0.15, 0.2) is 11.0 Å². The molecule has 1 aromatic rings. The van der Waals surface area contributed by atoms with Crippen molar-refractivity contribution in [2.45, 2.75) is 45.3 Å². The Bertz CT molecular complexity index is 679. The van der Waals surface area contributed by atoms with Crippen molar-refractivity contribution in [1.82, 2.24) is 15.2 Å². The zero-order chi connectivity index (χ0) is 18.8. The fraction of sp³-hybridized carbons (Fsp3) is 0.562. The highest BCUT2D eigenvalue weighted by molar-refractivity contribution is 6.34. The number of amides is 2. The maximum atomic E-state index is 13.5. The number of nitrogens with zero attached hydrogens (tertiary/aromatic N) is 2. The Morgan fingerprint density at radius 3 is 2.68 bits per heavy atom. The zero-order valence-electron chi connectivity index (χ0n) is 14.2. The first-order chi connectivity index (χ1) is 11.6. The first kappa shape index (κ1) is 19.7. The van der Waals surface area contributed by atoms with Crippen LogP contribution >= 0.6 is 23.2 Å². The second-order valence-electron chi connectivity index (χ2n) is 6.84. The highest BCUT2D eigenvalue weighted by atomic mass is 35.5. The first-order valence-electron chi connectivity index (χ1n) is 7.87. The normalized spacial score (nSPS) is 18.0. The molecule has 0 spiro atoms. The number of nitrogens with one attached hydrogen (secondary N) is 1. The van der Waals surface area contributed by atoms with Crippen LogP contribution in [0, 0.1) is 5.82 Å². The molecule has 25 heavy (non-hydrogen) atoms. The Morgan fingerprint density at radius 1 is 1.36 bits per heavy atom. The molecule has 9 heteroatoms. The van der Waals surface area contributed by atoms with Crippen molar-refractivity contribution in [2.75, 3.05) is 13.1 Å². The van der Waals surface area contributed by atoms with Gasteiger partial charge in [0.05, 0.1) is 5.56 Å². The van der Waals surface area contributed by atoms with Crippen molar-refractivity contribution in [2.24, 2.45) is 0 Å². The predicted molar refractivity (Wildman–Crippen MR) is 92.5 cm³/mol. The molecule has 1 aliphatic heterocycles. The third-order valence-electron chi connectivity index (χ3n) is 3.54. The van der Waals surface area contributed by atoms with Gasteiger partial charge in [-0.25, -0.2) is 14.2 Å². The van der Waals surface area contributed by atoms with Gasteiger partial charge in [0.25, 0.3) is 5.91 Å². The molecule has 1 aliphatic rings. The van der Waals surface area contributed by atoms with Crippen LogP contribution in [0.4, 0.5) is 9.18 Å². The minimum absolute atomic E-state index is 0.0991. The number of pyridine rings is 1. The second kappa shape index (κ2) is 7.74. The van der Waals surface area contributed by atoms with Crippen LogP contribution in [0.3, 0.4) is 0 Å². The number of likely N-dealkylation sites (tertiary alicyclic amines) is 1. The van der Waals surface area contributed by atoms with Crippen molar-refractivity contribution in [1.29, 1.82) is 0 Å². The Labute approximate surface area is 155 Å². The van der Waals surface area contributed by atoms with Crippen molar-refractivity contribution in [3.63, 3.8) is 0 Å². The lowest BCUT2D eigenvalue weighted by Crippen LogP contribution is -2.50. The second-order valence-corrected chi connectivity index (χ2v) is 7.55. The SMILES string of the molecule is CC(C)(C)OC(=O)N1CCC[C@@H](NC(=O)c2cc(F)c(Cl)nc2Cl)C1. The van der Waals surface area contributed by atoms with Crippen LogP contribution in [0.15, 0.2) is 6.07 Å². The minimum Gasteiger partial charge on any atom is -0.444 e. The van der Waals surface area contributed by atoms with Gasteiger partial charge in [-0.1, -0.05) is 23.2 Å². The van der Waals surface area contributed by atoms with Crippen LogP contribution in [0.25, 0.3) is 0 Å². The van der Waals surface area contributed by atoms with E-state index in [1.807, 2.05) is 0 Å². The maximum Gasteiger partial charge on any atom is 0.410 e. The summed E-state index contributed by atoms with van der Waals surface area (Å²) in [5, 5.41) is 2.18. The molecule has 1 fully saturated rings. The van der Waals surface area contributed by atoms with Gasteiger partial charge in [0, 0.05) is 19.1 Å². The molecule has 1 aromatic heterocycles. The molecule has 2 rings (SSSR count). The number of rotatable bonds is 2. The summed E-state index contributed by atoms with van der Waals surface area (Å²) in [7, 11) is 0. The van der Waals surface area contributed by atoms with E-state index in [1.165, 1.54) is 0 Å². The number of aromatic nitrogens is 1. The number of carbonyl (C=O) groups is 2. The Kier molecular flexibility index (Phi) is 6.11. The molecule has 0 radical (unpaired) electrons. The van der Waals surface area contributed by atoms with Gasteiger partial charge in [-0.15, -0.1) is 0 Å². The van der Waals surface area contributed by atoms with E-state index in [4.69, 9.17) is 27.9 Å². The molecule has 0 aliphatic carbocycles. The van der Waals surface area contributed by atoms with Crippen molar-refractivity contribution < 1.29 is 18.7 Å². The Balaban J connectivity index is 2.02. The van der Waals surface area contributed by atoms with Crippen molar-refractivity contribution >= 4 is 35.2 Å². The molecular weight excluding hydrogens is 372 g/mol. The van der Waals surface area contributed by atoms with E-state index < -0.39 is 28.6 Å². The first-order valence-corrected chi connectivity index (χ1v) is 8.63. The van der Waals surface area contributed by atoms with E-state index in [0.717, 1.165) is 6.07 Å². The molecule has 1 N–H and O–H groups in total. The van der Waals surface area contributed by atoms with Crippen LogP contribution in [0.1, 0.15) is 44.0 Å². The quantitative estimate of drug-likeness (QED) is 0.780. The summed E-state index contributed by atoms with van der Waals surface area (Å²) in [6, 6.07) is 0.658. The van der Waals surface area contributed by atoms with E-state index in [2.05, 4.69) is 10.3 Å². The molecule has 1 saturated heterocycles. The molecule has 0 unspecified atom stereocenters. The molecule has 0 bridgehead atoms. The van der Waals surface area contributed by atoms with Crippen molar-refractivity contribution in [3.05, 3.63) is 27.8 Å². The number of piperidine rings is 1. The highest BCUT2D eigenvalue weighted by Gasteiger charge is 2.29. The molecule has 1 atom stereocenters. The summed E-state index contributed by atoms with van der Waals surface area (Å²) >= 11 is 11.4. The molecule has 2 heterocycles. The summed E-state index contributed by atoms with van der Waals surface area (Å²) in [6.45, 7) is 6.23. The lowest BCUT2D eigenvalue weighted by atomic mass is 10.1. The van der Waals surface area contributed by atoms with E-state index in [0.29, 0.717) is 25.9 Å². The molecule has 138 valence electrons. The lowest BCUT2D eigenvalue weighted by molar-refractivity contribution is 0.0185. The third-order valence-corrected chi connectivity index (χ3v) is 4.09. The Morgan fingerprint density at radius 2 is 2.04 bits per heavy atom. The van der Waals surface area contributed by atoms with Crippen LogP contribution in [0.2, 0.25) is 10.3 Å². The molecule has 6 nitrogen and oxygen atoms in total. The number of hydrogen-bond acceptors (Lipinski definition) is 4. The summed E-state index contributed by atoms with van der Waals surface area (Å²) in [5.74, 6) is -1.39. The largest absolute Gasteiger partial charge is 0.444 e. The van der Waals surface area contributed by atoms with Crippen LogP contribution in [0.5, 0.6) is 0 Å². The average Bonchev–Trinajstić information content (AvgIpc) is 2.49. The van der Waals surface area contributed by atoms with Gasteiger partial charge in [-0.05, 0) is 39.7 Å². The maximum absolute atomic E-state index is 13.5. The average molecular weight is 392 g/mol. The lowest BCUT2D eigenvalue weighted by Gasteiger charge is -2.34. The highest BCUT2D eigenvalue weighted by Crippen LogP contribution is 2.21. The summed E-state index contributed by atoms with van der Waals surface area (Å²) in [6.07, 6.45) is 0.973. The Hall–Kier alpha value is -1.60. The number of carbonyl (C=O) groups excluding carboxylic acids is 2. The molecule has 0 aromatic carbocycles. The van der Waals surface area contributed by atoms with E-state index >= 15 is 0 Å². The van der Waals surface area contributed by atoms with E-state index in [-0.39, 0.29) is 16.8 Å². The monoisotopic (exact) mass is 391 g/mol. The van der Waals surface area contributed by atoms with Gasteiger partial charge >= 0.3 is 6.09 Å². The summed E-state index contributed by atoms with van der Waals surface area (Å²) in [4.78, 5) is 29.6. The smallest absolute Gasteiger partial charge is 0.410 e. The van der Waals surface area contributed by atoms with Gasteiger partial charge in [0.2, 0.25) is 0 Å². The fourth-order valence-electron chi connectivity index (χ4n) is 2.46. The minimum atomic E-state index is -0.824. The standard InChI is InChI=1S/C16H20Cl2FN3O3/c1-16(2,3)25-15(24)22-6-4-5-9(8-22)20-14(23)10-7-11(19)13(18)21-12(10)17/h7,9H,4-6,8H2,1-3H3,(H,20,23)/t9-/m1/s1. The molecule has 0 saturated carbocycles. The molecule has 2 amide bonds. The zero-order valence-corrected chi connectivity index (χ0v) is 15.7. The van der Waals surface area contributed by atoms with Crippen molar-refractivity contribution in [3.8, 4) is 0 Å². The topological polar surface area (TPSA) is 71.5 Å². The fourth-order valence-corrected chi connectivity index (χ4v) is 2.86. The van der Waals surface area contributed by atoms with Gasteiger partial charge in [-0.3, -0.25) is 4.79 Å². The van der Waals surface area contributed by atoms with E-state index in [1.54, 1.807) is 25.7 Å². The van der Waals surface area contributed by atoms with Crippen LogP contribution < -0.4 is 5.32 Å². The van der Waals surface area contributed by atoms with Gasteiger partial charge in [0.1, 0.15) is 10.8 Å². The number of hydrogen-bond donors (Lipinski definition) is 1. The summed E-state index contributed by atoms with van der Waals surface area (Å²) < 4.78 is 18.9. The number of ether oxygens (including phenoxy) is 1. The van der Waals surface area contributed by atoms with E-state index in [9.17, 15) is 14.0 Å². The van der Waals surface area contributed by atoms with Crippen LogP contribution in [-0.2, 0) is 4.74 Å².